The van der Waals surface area contributed by atoms with E-state index >= 15 is 0 Å². The molecule has 1 atom stereocenters. The fourth-order valence-electron chi connectivity index (χ4n) is 5.03. The van der Waals surface area contributed by atoms with E-state index in [0.29, 0.717) is 17.7 Å². The number of nitrogens with zero attached hydrogens (tertiary/aromatic N) is 3. The van der Waals surface area contributed by atoms with E-state index in [0.717, 1.165) is 38.5 Å². The Morgan fingerprint density at radius 2 is 1.60 bits per heavy atom. The Kier molecular flexibility index (Phi) is 4.99. The third kappa shape index (κ3) is 3.51. The first-order chi connectivity index (χ1) is 17.1. The number of aromatic amines is 1. The van der Waals surface area contributed by atoms with Gasteiger partial charge in [-0.05, 0) is 29.3 Å². The second-order valence-corrected chi connectivity index (χ2v) is 8.66. The van der Waals surface area contributed by atoms with Crippen molar-refractivity contribution in [2.24, 2.45) is 5.10 Å². The highest BCUT2D eigenvalue weighted by Gasteiger charge is 2.34. The van der Waals surface area contributed by atoms with Gasteiger partial charge >= 0.3 is 0 Å². The molecule has 6 nitrogen and oxygen atoms in total. The third-order valence-electron chi connectivity index (χ3n) is 6.55. The lowest BCUT2D eigenvalue weighted by Gasteiger charge is -2.21. The Hall–Kier alpha value is -4.58. The van der Waals surface area contributed by atoms with Crippen LogP contribution in [0, 0.1) is 0 Å². The number of pyridine rings is 2. The minimum Gasteiger partial charge on any atom is -0.321 e. The van der Waals surface area contributed by atoms with Crippen LogP contribution in [0.3, 0.4) is 0 Å². The number of carbonyl (C=O) groups excluding carboxylic acids is 1. The molecule has 1 amide bonds. The molecule has 6 heteroatoms. The largest absolute Gasteiger partial charge is 0.321 e. The van der Waals surface area contributed by atoms with E-state index in [-0.39, 0.29) is 17.5 Å². The highest BCUT2D eigenvalue weighted by molar-refractivity contribution is 6.13. The van der Waals surface area contributed by atoms with Gasteiger partial charge in [0.2, 0.25) is 5.91 Å². The number of amides is 1. The topological polar surface area (TPSA) is 78.4 Å². The van der Waals surface area contributed by atoms with Crippen LogP contribution in [0.25, 0.3) is 32.9 Å². The predicted molar refractivity (Wildman–Crippen MR) is 138 cm³/mol. The Bertz CT molecular complexity index is 1680. The fourth-order valence-corrected chi connectivity index (χ4v) is 5.03. The Balaban J connectivity index is 1.57. The van der Waals surface area contributed by atoms with E-state index in [2.05, 4.69) is 9.97 Å². The molecular formula is C29H22N4O2. The minimum atomic E-state index is -0.329. The van der Waals surface area contributed by atoms with Gasteiger partial charge in [0.15, 0.2) is 0 Å². The number of carbonyl (C=O) groups is 1. The molecule has 0 saturated carbocycles. The molecule has 0 spiro atoms. The van der Waals surface area contributed by atoms with Crippen molar-refractivity contribution in [2.75, 3.05) is 0 Å². The molecule has 3 heterocycles. The summed E-state index contributed by atoms with van der Waals surface area (Å²) in [6.45, 7) is 1.51. The standard InChI is InChI=1S/C29H22N4O2/c1-18(34)33-26(21-15-16-30-23-13-7-5-11-20(21)23)17-25(32-33)28-27(19-9-3-2-4-10-19)22-12-6-8-14-24(22)31-29(28)35/h2-16,26H,17H2,1H3,(H,31,35)/t26-/m1/s1. The lowest BCUT2D eigenvalue weighted by Crippen LogP contribution is -2.24. The SMILES string of the molecule is CC(=O)N1N=C(c2c(-c3ccccc3)c3ccccc3[nH]c2=O)C[C@@H]1c1ccnc2ccccc12. The van der Waals surface area contributed by atoms with Crippen LogP contribution in [0.2, 0.25) is 0 Å². The average Bonchev–Trinajstić information content (AvgIpc) is 3.33. The van der Waals surface area contributed by atoms with Crippen LogP contribution in [-0.4, -0.2) is 26.6 Å². The Labute approximate surface area is 201 Å². The Morgan fingerprint density at radius 1 is 0.886 bits per heavy atom. The van der Waals surface area contributed by atoms with Crippen LogP contribution in [-0.2, 0) is 4.79 Å². The average molecular weight is 459 g/mol. The summed E-state index contributed by atoms with van der Waals surface area (Å²) in [5, 5.41) is 8.14. The van der Waals surface area contributed by atoms with Gasteiger partial charge in [-0.3, -0.25) is 14.6 Å². The number of hydrogen-bond acceptors (Lipinski definition) is 4. The van der Waals surface area contributed by atoms with Gasteiger partial charge in [0.25, 0.3) is 5.56 Å². The second-order valence-electron chi connectivity index (χ2n) is 8.66. The first kappa shape index (κ1) is 21.0. The maximum absolute atomic E-state index is 13.5. The van der Waals surface area contributed by atoms with Gasteiger partial charge < -0.3 is 4.98 Å². The number of H-pyrrole nitrogens is 1. The van der Waals surface area contributed by atoms with Gasteiger partial charge in [-0.2, -0.15) is 5.10 Å². The molecular weight excluding hydrogens is 436 g/mol. The van der Waals surface area contributed by atoms with Crippen molar-refractivity contribution >= 4 is 33.4 Å². The van der Waals surface area contributed by atoms with Crippen molar-refractivity contribution in [1.82, 2.24) is 15.0 Å². The first-order valence-corrected chi connectivity index (χ1v) is 11.5. The van der Waals surface area contributed by atoms with Crippen molar-refractivity contribution in [3.63, 3.8) is 0 Å². The van der Waals surface area contributed by atoms with Crippen LogP contribution >= 0.6 is 0 Å². The van der Waals surface area contributed by atoms with Crippen LogP contribution < -0.4 is 5.56 Å². The molecule has 35 heavy (non-hydrogen) atoms. The number of fused-ring (bicyclic) bond motifs is 2. The molecule has 0 saturated heterocycles. The molecule has 0 radical (unpaired) electrons. The molecule has 3 aromatic carbocycles. The lowest BCUT2D eigenvalue weighted by atomic mass is 9.90. The first-order valence-electron chi connectivity index (χ1n) is 11.5. The van der Waals surface area contributed by atoms with Crippen molar-refractivity contribution in [3.8, 4) is 11.1 Å². The summed E-state index contributed by atoms with van der Waals surface area (Å²) in [6.07, 6.45) is 2.18. The van der Waals surface area contributed by atoms with E-state index in [1.54, 1.807) is 6.20 Å². The van der Waals surface area contributed by atoms with Crippen molar-refractivity contribution in [2.45, 2.75) is 19.4 Å². The Morgan fingerprint density at radius 3 is 2.40 bits per heavy atom. The monoisotopic (exact) mass is 458 g/mol. The molecule has 6 rings (SSSR count). The summed E-state index contributed by atoms with van der Waals surface area (Å²) >= 11 is 0. The number of hydrazone groups is 1. The van der Waals surface area contributed by atoms with Gasteiger partial charge in [-0.1, -0.05) is 66.7 Å². The maximum Gasteiger partial charge on any atom is 0.258 e. The maximum atomic E-state index is 13.5. The minimum absolute atomic E-state index is 0.177. The summed E-state index contributed by atoms with van der Waals surface area (Å²) < 4.78 is 0. The molecule has 0 bridgehead atoms. The van der Waals surface area contributed by atoms with E-state index in [1.807, 2.05) is 84.9 Å². The van der Waals surface area contributed by atoms with Crippen molar-refractivity contribution < 1.29 is 4.79 Å². The predicted octanol–water partition coefficient (Wildman–Crippen LogP) is 5.44. The summed E-state index contributed by atoms with van der Waals surface area (Å²) in [5.74, 6) is -0.177. The molecule has 2 aromatic heterocycles. The van der Waals surface area contributed by atoms with Crippen LogP contribution in [0.1, 0.15) is 30.5 Å². The van der Waals surface area contributed by atoms with Crippen LogP contribution in [0.15, 0.2) is 101 Å². The fraction of sp³-hybridized carbons (Fsp3) is 0.103. The van der Waals surface area contributed by atoms with E-state index in [1.165, 1.54) is 11.9 Å². The molecule has 0 aliphatic carbocycles. The third-order valence-corrected chi connectivity index (χ3v) is 6.55. The van der Waals surface area contributed by atoms with Crippen molar-refractivity contribution in [3.05, 3.63) is 113 Å². The molecule has 5 aromatic rings. The molecule has 0 fully saturated rings. The quantitative estimate of drug-likeness (QED) is 0.391. The summed E-state index contributed by atoms with van der Waals surface area (Å²) in [5.41, 5.74) is 5.22. The highest BCUT2D eigenvalue weighted by Crippen LogP contribution is 2.38. The highest BCUT2D eigenvalue weighted by atomic mass is 16.2. The molecule has 1 aliphatic heterocycles. The molecule has 1 aliphatic rings. The van der Waals surface area contributed by atoms with E-state index < -0.39 is 0 Å². The van der Waals surface area contributed by atoms with E-state index in [9.17, 15) is 9.59 Å². The molecule has 170 valence electrons. The van der Waals surface area contributed by atoms with Gasteiger partial charge in [0.05, 0.1) is 22.8 Å². The normalized spacial score (nSPS) is 15.5. The molecule has 1 N–H and O–H groups in total. The second kappa shape index (κ2) is 8.33. The number of hydrogen-bond donors (Lipinski definition) is 1. The number of nitrogens with one attached hydrogen (secondary N) is 1. The number of para-hydroxylation sites is 2. The van der Waals surface area contributed by atoms with Crippen LogP contribution in [0.5, 0.6) is 0 Å². The lowest BCUT2D eigenvalue weighted by molar-refractivity contribution is -0.130. The van der Waals surface area contributed by atoms with E-state index in [4.69, 9.17) is 5.10 Å². The summed E-state index contributed by atoms with van der Waals surface area (Å²) in [6, 6.07) is 27.1. The smallest absolute Gasteiger partial charge is 0.258 e. The zero-order chi connectivity index (χ0) is 23.9. The zero-order valence-electron chi connectivity index (χ0n) is 19.1. The van der Waals surface area contributed by atoms with Gasteiger partial charge in [0, 0.05) is 41.4 Å². The van der Waals surface area contributed by atoms with Gasteiger partial charge in [-0.15, -0.1) is 0 Å². The number of aromatic nitrogens is 2. The molecule has 0 unspecified atom stereocenters. The zero-order valence-corrected chi connectivity index (χ0v) is 19.1. The van der Waals surface area contributed by atoms with Gasteiger partial charge in [0.1, 0.15) is 0 Å². The summed E-state index contributed by atoms with van der Waals surface area (Å²) in [7, 11) is 0. The summed E-state index contributed by atoms with van der Waals surface area (Å²) in [4.78, 5) is 33.7. The van der Waals surface area contributed by atoms with Crippen LogP contribution in [0.4, 0.5) is 0 Å². The number of benzene rings is 3. The number of rotatable bonds is 3. The van der Waals surface area contributed by atoms with Gasteiger partial charge in [-0.25, -0.2) is 5.01 Å². The van der Waals surface area contributed by atoms with Crippen molar-refractivity contribution in [1.29, 1.82) is 0 Å².